The fourth-order valence-corrected chi connectivity index (χ4v) is 2.55. The lowest BCUT2D eigenvalue weighted by Crippen LogP contribution is -2.37. The van der Waals surface area contributed by atoms with Crippen molar-refractivity contribution in [3.8, 4) is 5.75 Å². The van der Waals surface area contributed by atoms with E-state index in [2.05, 4.69) is 15.0 Å². The van der Waals surface area contributed by atoms with Gasteiger partial charge in [-0.2, -0.15) is 0 Å². The number of benzene rings is 1. The summed E-state index contributed by atoms with van der Waals surface area (Å²) in [7, 11) is 0. The van der Waals surface area contributed by atoms with Crippen LogP contribution in [-0.4, -0.2) is 29.5 Å². The minimum Gasteiger partial charge on any atom is -0.482 e. The van der Waals surface area contributed by atoms with Gasteiger partial charge in [0.15, 0.2) is 17.4 Å². The van der Waals surface area contributed by atoms with Crippen molar-refractivity contribution in [3.05, 3.63) is 58.9 Å². The number of nitrogens with zero attached hydrogens (tertiary/aromatic N) is 1. The molecule has 1 atom stereocenters. The van der Waals surface area contributed by atoms with E-state index in [0.29, 0.717) is 11.1 Å². The molecule has 0 aliphatic carbocycles. The molecule has 0 aliphatic rings. The van der Waals surface area contributed by atoms with Crippen LogP contribution in [0.4, 0.5) is 17.6 Å². The van der Waals surface area contributed by atoms with Gasteiger partial charge in [0.05, 0.1) is 0 Å². The standard InChI is InChI=1S/C14H19F4NO.C7H8N2O/c1-8(19-14(2,3)4)9-5-10(15)13(11(16)6-9)20-7-12(17)18;1-5-4-6(7(8)10)2-3-9-5/h5-6,8,12,19H,7H2,1-4H3;2-4H,1H3,(H2,8,10). The van der Waals surface area contributed by atoms with E-state index in [1.165, 1.54) is 0 Å². The molecule has 1 amide bonds. The minimum atomic E-state index is -2.78. The first-order chi connectivity index (χ1) is 13.8. The van der Waals surface area contributed by atoms with Gasteiger partial charge in [-0.25, -0.2) is 17.6 Å². The summed E-state index contributed by atoms with van der Waals surface area (Å²) in [4.78, 5) is 14.5. The average Bonchev–Trinajstić information content (AvgIpc) is 2.59. The van der Waals surface area contributed by atoms with Crippen LogP contribution in [0.25, 0.3) is 0 Å². The lowest BCUT2D eigenvalue weighted by Gasteiger charge is -2.26. The number of primary amides is 1. The zero-order valence-corrected chi connectivity index (χ0v) is 17.6. The van der Waals surface area contributed by atoms with Crippen LogP contribution in [0.3, 0.4) is 0 Å². The summed E-state index contributed by atoms with van der Waals surface area (Å²) in [6, 6.07) is 5.14. The van der Waals surface area contributed by atoms with E-state index in [1.807, 2.05) is 27.7 Å². The van der Waals surface area contributed by atoms with Crippen LogP contribution in [0.2, 0.25) is 0 Å². The monoisotopic (exact) mass is 429 g/mol. The Labute approximate surface area is 173 Å². The van der Waals surface area contributed by atoms with E-state index in [4.69, 9.17) is 5.73 Å². The SMILES string of the molecule is CC(NC(C)(C)C)c1cc(F)c(OCC(F)F)c(F)c1.Cc1cc(C(N)=O)ccn1. The van der Waals surface area contributed by atoms with Gasteiger partial charge >= 0.3 is 0 Å². The molecule has 1 aromatic carbocycles. The van der Waals surface area contributed by atoms with Gasteiger partial charge in [-0.05, 0) is 64.4 Å². The molecule has 166 valence electrons. The molecule has 0 bridgehead atoms. The zero-order valence-electron chi connectivity index (χ0n) is 17.6. The smallest absolute Gasteiger partial charge is 0.272 e. The molecule has 0 saturated carbocycles. The maximum Gasteiger partial charge on any atom is 0.272 e. The van der Waals surface area contributed by atoms with Gasteiger partial charge in [0, 0.05) is 29.0 Å². The van der Waals surface area contributed by atoms with Gasteiger partial charge in [0.1, 0.15) is 6.61 Å². The maximum absolute atomic E-state index is 13.7. The Morgan fingerprint density at radius 3 is 2.17 bits per heavy atom. The van der Waals surface area contributed by atoms with Gasteiger partial charge < -0.3 is 15.8 Å². The number of rotatable bonds is 6. The second-order valence-electron chi connectivity index (χ2n) is 7.68. The third kappa shape index (κ3) is 8.77. The minimum absolute atomic E-state index is 0.225. The Hall–Kier alpha value is -2.68. The Morgan fingerprint density at radius 1 is 1.20 bits per heavy atom. The molecule has 0 saturated heterocycles. The number of nitrogens with one attached hydrogen (secondary N) is 1. The molecular weight excluding hydrogens is 402 g/mol. The number of aromatic nitrogens is 1. The molecule has 30 heavy (non-hydrogen) atoms. The predicted octanol–water partition coefficient (Wildman–Crippen LogP) is 4.55. The molecule has 9 heteroatoms. The molecule has 0 spiro atoms. The fourth-order valence-electron chi connectivity index (χ4n) is 2.55. The number of aryl methyl sites for hydroxylation is 1. The summed E-state index contributed by atoms with van der Waals surface area (Å²) >= 11 is 0. The fraction of sp³-hybridized carbons (Fsp3) is 0.429. The number of carbonyl (C=O) groups is 1. The van der Waals surface area contributed by atoms with E-state index >= 15 is 0 Å². The summed E-state index contributed by atoms with van der Waals surface area (Å²) in [5, 5.41) is 3.17. The Morgan fingerprint density at radius 2 is 1.77 bits per heavy atom. The lowest BCUT2D eigenvalue weighted by molar-refractivity contribution is 0.0776. The molecule has 2 rings (SSSR count). The third-order valence-corrected chi connectivity index (χ3v) is 3.70. The largest absolute Gasteiger partial charge is 0.482 e. The van der Waals surface area contributed by atoms with E-state index in [9.17, 15) is 22.4 Å². The Balaban J connectivity index is 0.000000375. The Bertz CT molecular complexity index is 831. The summed E-state index contributed by atoms with van der Waals surface area (Å²) < 4.78 is 55.9. The summed E-state index contributed by atoms with van der Waals surface area (Å²) in [5.74, 6) is -3.14. The first-order valence-corrected chi connectivity index (χ1v) is 9.20. The van der Waals surface area contributed by atoms with Crippen LogP contribution in [0, 0.1) is 18.6 Å². The van der Waals surface area contributed by atoms with Crippen LogP contribution in [-0.2, 0) is 0 Å². The Kier molecular flexibility index (Phi) is 9.22. The van der Waals surface area contributed by atoms with Crippen LogP contribution < -0.4 is 15.8 Å². The highest BCUT2D eigenvalue weighted by molar-refractivity contribution is 5.92. The van der Waals surface area contributed by atoms with E-state index < -0.39 is 36.3 Å². The number of carbonyl (C=O) groups excluding carboxylic acids is 1. The molecule has 0 radical (unpaired) electrons. The number of pyridine rings is 1. The van der Waals surface area contributed by atoms with Crippen molar-refractivity contribution in [1.82, 2.24) is 10.3 Å². The average molecular weight is 429 g/mol. The van der Waals surface area contributed by atoms with Crippen LogP contribution in [0.5, 0.6) is 5.75 Å². The molecule has 2 aromatic rings. The van der Waals surface area contributed by atoms with Crippen molar-refractivity contribution in [3.63, 3.8) is 0 Å². The summed E-state index contributed by atoms with van der Waals surface area (Å²) in [6.07, 6.45) is -1.22. The highest BCUT2D eigenvalue weighted by Crippen LogP contribution is 2.27. The molecule has 0 aliphatic heterocycles. The topological polar surface area (TPSA) is 77.2 Å². The molecule has 1 heterocycles. The quantitative estimate of drug-likeness (QED) is 0.661. The van der Waals surface area contributed by atoms with E-state index in [-0.39, 0.29) is 11.6 Å². The van der Waals surface area contributed by atoms with Gasteiger partial charge in [-0.1, -0.05) is 0 Å². The number of amides is 1. The summed E-state index contributed by atoms with van der Waals surface area (Å²) in [5.41, 5.74) is 6.49. The molecule has 5 nitrogen and oxygen atoms in total. The number of halogens is 4. The van der Waals surface area contributed by atoms with Gasteiger partial charge in [-0.3, -0.25) is 9.78 Å². The van der Waals surface area contributed by atoms with Crippen molar-refractivity contribution in [2.75, 3.05) is 6.61 Å². The third-order valence-electron chi connectivity index (χ3n) is 3.70. The number of hydrogen-bond donors (Lipinski definition) is 2. The molecule has 3 N–H and O–H groups in total. The van der Waals surface area contributed by atoms with Gasteiger partial charge in [0.25, 0.3) is 6.43 Å². The number of hydrogen-bond acceptors (Lipinski definition) is 4. The molecule has 1 unspecified atom stereocenters. The van der Waals surface area contributed by atoms with Crippen LogP contribution in [0.15, 0.2) is 30.5 Å². The van der Waals surface area contributed by atoms with Crippen molar-refractivity contribution >= 4 is 5.91 Å². The van der Waals surface area contributed by atoms with Crippen LogP contribution in [0.1, 0.15) is 55.4 Å². The molecule has 1 aromatic heterocycles. The second-order valence-corrected chi connectivity index (χ2v) is 7.68. The maximum atomic E-state index is 13.7. The van der Waals surface area contributed by atoms with Gasteiger partial charge in [-0.15, -0.1) is 0 Å². The summed E-state index contributed by atoms with van der Waals surface area (Å²) in [6.45, 7) is 8.32. The van der Waals surface area contributed by atoms with Crippen molar-refractivity contribution in [2.24, 2.45) is 5.73 Å². The number of nitrogens with two attached hydrogens (primary N) is 1. The van der Waals surface area contributed by atoms with E-state index in [0.717, 1.165) is 17.8 Å². The van der Waals surface area contributed by atoms with Crippen molar-refractivity contribution < 1.29 is 27.1 Å². The second kappa shape index (κ2) is 10.9. The first-order valence-electron chi connectivity index (χ1n) is 9.20. The zero-order chi connectivity index (χ0) is 23.1. The van der Waals surface area contributed by atoms with Crippen molar-refractivity contribution in [2.45, 2.75) is 52.6 Å². The molecular formula is C21H27F4N3O2. The first kappa shape index (κ1) is 25.4. The number of alkyl halides is 2. The lowest BCUT2D eigenvalue weighted by atomic mass is 10.0. The normalized spacial score (nSPS) is 12.2. The highest BCUT2D eigenvalue weighted by Gasteiger charge is 2.20. The number of ether oxygens (including phenoxy) is 1. The van der Waals surface area contributed by atoms with E-state index in [1.54, 1.807) is 25.3 Å². The van der Waals surface area contributed by atoms with Crippen LogP contribution >= 0.6 is 0 Å². The van der Waals surface area contributed by atoms with Gasteiger partial charge in [0.2, 0.25) is 5.91 Å². The highest BCUT2D eigenvalue weighted by atomic mass is 19.3. The van der Waals surface area contributed by atoms with Crippen molar-refractivity contribution in [1.29, 1.82) is 0 Å². The predicted molar refractivity (Wildman–Crippen MR) is 107 cm³/mol. The molecule has 0 fully saturated rings.